The highest BCUT2D eigenvalue weighted by atomic mass is 35.5. The maximum atomic E-state index is 2.36. The topological polar surface area (TPSA) is 3.88 Å². The number of rotatable bonds is 3. The molecule has 0 atom stereocenters. The smallest absolute Gasteiger partial charge is 0.231 e. The third-order valence-corrected chi connectivity index (χ3v) is 4.38. The van der Waals surface area contributed by atoms with Crippen molar-refractivity contribution >= 4 is 11.3 Å². The summed E-state index contributed by atoms with van der Waals surface area (Å²) in [6.45, 7) is 8.86. The van der Waals surface area contributed by atoms with E-state index in [-0.39, 0.29) is 12.4 Å². The highest BCUT2D eigenvalue weighted by molar-refractivity contribution is 7.09. The predicted octanol–water partition coefficient (Wildman–Crippen LogP) is 0.770. The molecule has 2 rings (SSSR count). The van der Waals surface area contributed by atoms with Gasteiger partial charge in [-0.1, -0.05) is 43.4 Å². The minimum absolute atomic E-state index is 0. The molecule has 0 saturated heterocycles. The molecular weight excluding hydrogens is 262 g/mol. The molecule has 1 aromatic heterocycles. The molecular formula is C15H20ClNS. The number of aromatic nitrogens is 1. The first-order valence-electron chi connectivity index (χ1n) is 6.26. The van der Waals surface area contributed by atoms with Crippen LogP contribution >= 0.6 is 11.3 Å². The van der Waals surface area contributed by atoms with Crippen LogP contribution in [0.2, 0.25) is 0 Å². The first-order chi connectivity index (χ1) is 8.19. The zero-order valence-electron chi connectivity index (χ0n) is 11.5. The predicted molar refractivity (Wildman–Crippen MR) is 74.1 cm³/mol. The Morgan fingerprint density at radius 2 is 1.61 bits per heavy atom. The SMILES string of the molecule is CCc1cccc(CC)c1-[n+]1csc(C)c1C.[Cl-]. The van der Waals surface area contributed by atoms with Crippen molar-refractivity contribution in [3.05, 3.63) is 45.4 Å². The van der Waals surface area contributed by atoms with E-state index < -0.39 is 0 Å². The number of thiazole rings is 1. The largest absolute Gasteiger partial charge is 1.00 e. The number of para-hydroxylation sites is 1. The molecule has 18 heavy (non-hydrogen) atoms. The van der Waals surface area contributed by atoms with E-state index in [1.165, 1.54) is 27.4 Å². The van der Waals surface area contributed by atoms with E-state index in [1.807, 2.05) is 11.3 Å². The van der Waals surface area contributed by atoms with E-state index >= 15 is 0 Å². The van der Waals surface area contributed by atoms with Crippen LogP contribution in [0.5, 0.6) is 0 Å². The Hall–Kier alpha value is -0.860. The lowest BCUT2D eigenvalue weighted by Crippen LogP contribution is -3.00. The Bertz CT molecular complexity index is 509. The second kappa shape index (κ2) is 6.35. The van der Waals surface area contributed by atoms with Gasteiger partial charge < -0.3 is 12.4 Å². The van der Waals surface area contributed by atoms with Gasteiger partial charge in [-0.15, -0.1) is 0 Å². The minimum atomic E-state index is 0. The van der Waals surface area contributed by atoms with Crippen molar-refractivity contribution < 1.29 is 17.0 Å². The van der Waals surface area contributed by atoms with Crippen LogP contribution in [0.25, 0.3) is 5.69 Å². The number of halogens is 1. The maximum Gasteiger partial charge on any atom is 0.231 e. The van der Waals surface area contributed by atoms with Gasteiger partial charge in [0.1, 0.15) is 0 Å². The minimum Gasteiger partial charge on any atom is -1.00 e. The molecule has 0 amide bonds. The molecule has 0 unspecified atom stereocenters. The van der Waals surface area contributed by atoms with Crippen LogP contribution in [0.3, 0.4) is 0 Å². The molecule has 0 bridgehead atoms. The van der Waals surface area contributed by atoms with Gasteiger partial charge in [0.25, 0.3) is 0 Å². The fraction of sp³-hybridized carbons (Fsp3) is 0.400. The zero-order chi connectivity index (χ0) is 12.4. The summed E-state index contributed by atoms with van der Waals surface area (Å²) >= 11 is 1.83. The number of aryl methyl sites for hydroxylation is 3. The molecule has 0 radical (unpaired) electrons. The molecule has 0 saturated carbocycles. The monoisotopic (exact) mass is 281 g/mol. The van der Waals surface area contributed by atoms with Crippen molar-refractivity contribution in [1.29, 1.82) is 0 Å². The molecule has 0 aliphatic carbocycles. The van der Waals surface area contributed by atoms with Gasteiger partial charge in [0.15, 0.2) is 5.69 Å². The number of benzene rings is 1. The van der Waals surface area contributed by atoms with Crippen molar-refractivity contribution in [1.82, 2.24) is 0 Å². The molecule has 1 aromatic carbocycles. The van der Waals surface area contributed by atoms with Gasteiger partial charge in [0.2, 0.25) is 11.2 Å². The first kappa shape index (κ1) is 15.2. The fourth-order valence-electron chi connectivity index (χ4n) is 2.21. The number of nitrogens with zero attached hydrogens (tertiary/aromatic N) is 1. The second-order valence-corrected chi connectivity index (χ2v) is 5.43. The molecule has 2 aromatic rings. The summed E-state index contributed by atoms with van der Waals surface area (Å²) in [6.07, 6.45) is 2.18. The van der Waals surface area contributed by atoms with Crippen LogP contribution in [-0.2, 0) is 12.8 Å². The Morgan fingerprint density at radius 3 is 2.00 bits per heavy atom. The van der Waals surface area contributed by atoms with Gasteiger partial charge in [-0.05, 0) is 19.8 Å². The van der Waals surface area contributed by atoms with Gasteiger partial charge >= 0.3 is 0 Å². The van der Waals surface area contributed by atoms with Crippen LogP contribution in [0.1, 0.15) is 35.5 Å². The Labute approximate surface area is 120 Å². The Balaban J connectivity index is 0.00000162. The summed E-state index contributed by atoms with van der Waals surface area (Å²) in [5.74, 6) is 0. The van der Waals surface area contributed by atoms with Crippen molar-refractivity contribution in [2.75, 3.05) is 0 Å². The van der Waals surface area contributed by atoms with Crippen molar-refractivity contribution in [2.24, 2.45) is 0 Å². The first-order valence-corrected chi connectivity index (χ1v) is 7.14. The summed E-state index contributed by atoms with van der Waals surface area (Å²) in [6, 6.07) is 6.66. The molecule has 1 heterocycles. The summed E-state index contributed by atoms with van der Waals surface area (Å²) in [7, 11) is 0. The Kier molecular flexibility index (Phi) is 5.36. The lowest BCUT2D eigenvalue weighted by atomic mass is 10.0. The standard InChI is InChI=1S/C15H20NS.ClH/c1-5-13-8-7-9-14(6-2)15(13)16-10-17-12(4)11(16)3;/h7-10H,5-6H2,1-4H3;1H/q+1;/p-1. The average Bonchev–Trinajstić information content (AvgIpc) is 2.69. The molecule has 98 valence electrons. The Morgan fingerprint density at radius 1 is 1.06 bits per heavy atom. The van der Waals surface area contributed by atoms with E-state index in [0.717, 1.165) is 12.8 Å². The third kappa shape index (κ3) is 2.60. The normalized spacial score (nSPS) is 10.2. The van der Waals surface area contributed by atoms with Gasteiger partial charge in [0, 0.05) is 18.1 Å². The van der Waals surface area contributed by atoms with Gasteiger partial charge in [0.05, 0.1) is 4.88 Å². The van der Waals surface area contributed by atoms with Crippen molar-refractivity contribution in [3.63, 3.8) is 0 Å². The summed E-state index contributed by atoms with van der Waals surface area (Å²) < 4.78 is 2.36. The number of hydrogen-bond acceptors (Lipinski definition) is 1. The molecule has 0 fully saturated rings. The maximum absolute atomic E-state index is 2.36. The van der Waals surface area contributed by atoms with Crippen LogP contribution < -0.4 is 17.0 Å². The van der Waals surface area contributed by atoms with E-state index in [9.17, 15) is 0 Å². The zero-order valence-corrected chi connectivity index (χ0v) is 13.0. The van der Waals surface area contributed by atoms with Crippen LogP contribution in [-0.4, -0.2) is 0 Å². The quantitative estimate of drug-likeness (QED) is 0.732. The lowest BCUT2D eigenvalue weighted by molar-refractivity contribution is -0.598. The molecule has 3 heteroatoms. The molecule has 0 N–H and O–H groups in total. The van der Waals surface area contributed by atoms with Gasteiger partial charge in [-0.3, -0.25) is 0 Å². The molecule has 0 spiro atoms. The van der Waals surface area contributed by atoms with Crippen LogP contribution in [0, 0.1) is 13.8 Å². The third-order valence-electron chi connectivity index (χ3n) is 3.41. The van der Waals surface area contributed by atoms with Crippen molar-refractivity contribution in [2.45, 2.75) is 40.5 Å². The number of hydrogen-bond donors (Lipinski definition) is 0. The van der Waals surface area contributed by atoms with E-state index in [2.05, 4.69) is 56.0 Å². The van der Waals surface area contributed by atoms with Crippen molar-refractivity contribution in [3.8, 4) is 5.69 Å². The molecule has 1 nitrogen and oxygen atoms in total. The highest BCUT2D eigenvalue weighted by Crippen LogP contribution is 2.20. The highest BCUT2D eigenvalue weighted by Gasteiger charge is 2.21. The second-order valence-electron chi connectivity index (χ2n) is 4.37. The summed E-state index contributed by atoms with van der Waals surface area (Å²) in [5.41, 5.74) is 7.88. The van der Waals surface area contributed by atoms with Crippen LogP contribution in [0.4, 0.5) is 0 Å². The van der Waals surface area contributed by atoms with Crippen LogP contribution in [0.15, 0.2) is 23.7 Å². The summed E-state index contributed by atoms with van der Waals surface area (Å²) in [5, 5.41) is 0. The van der Waals surface area contributed by atoms with E-state index in [1.54, 1.807) is 0 Å². The van der Waals surface area contributed by atoms with Gasteiger partial charge in [-0.25, -0.2) is 0 Å². The van der Waals surface area contributed by atoms with E-state index in [4.69, 9.17) is 0 Å². The summed E-state index contributed by atoms with van der Waals surface area (Å²) in [4.78, 5) is 1.40. The molecule has 0 aliphatic heterocycles. The fourth-order valence-corrected chi connectivity index (χ4v) is 3.01. The lowest BCUT2D eigenvalue weighted by Gasteiger charge is -2.07. The average molecular weight is 282 g/mol. The molecule has 0 aliphatic rings. The van der Waals surface area contributed by atoms with Gasteiger partial charge in [-0.2, -0.15) is 4.57 Å². The van der Waals surface area contributed by atoms with E-state index in [0.29, 0.717) is 0 Å².